The highest BCUT2D eigenvalue weighted by Gasteiger charge is 2.33. The average molecular weight is 393 g/mol. The van der Waals surface area contributed by atoms with Gasteiger partial charge in [-0.15, -0.1) is 10.2 Å². The molecule has 3 aromatic rings. The summed E-state index contributed by atoms with van der Waals surface area (Å²) >= 11 is 0. The molecular weight excluding hydrogens is 370 g/mol. The highest BCUT2D eigenvalue weighted by molar-refractivity contribution is 5.94. The first-order chi connectivity index (χ1) is 14.0. The molecule has 1 amide bonds. The fourth-order valence-electron chi connectivity index (χ4n) is 4.36. The van der Waals surface area contributed by atoms with Gasteiger partial charge in [0.1, 0.15) is 5.69 Å². The van der Waals surface area contributed by atoms with Gasteiger partial charge >= 0.3 is 0 Å². The van der Waals surface area contributed by atoms with Gasteiger partial charge in [-0.25, -0.2) is 9.97 Å². The quantitative estimate of drug-likeness (QED) is 0.693. The van der Waals surface area contributed by atoms with Crippen LogP contribution in [0.25, 0.3) is 11.4 Å². The number of anilines is 1. The molecule has 0 saturated heterocycles. The number of hydrogen-bond donors (Lipinski definition) is 1. The van der Waals surface area contributed by atoms with E-state index in [-0.39, 0.29) is 17.9 Å². The van der Waals surface area contributed by atoms with E-state index in [9.17, 15) is 4.79 Å². The number of nitrogens with two attached hydrogens (primary N) is 1. The van der Waals surface area contributed by atoms with Gasteiger partial charge in [0.2, 0.25) is 5.95 Å². The average Bonchev–Trinajstić information content (AvgIpc) is 3.33. The van der Waals surface area contributed by atoms with E-state index in [2.05, 4.69) is 36.8 Å². The second kappa shape index (κ2) is 6.64. The van der Waals surface area contributed by atoms with Crippen molar-refractivity contribution in [2.75, 3.05) is 12.3 Å². The molecule has 1 aliphatic heterocycles. The summed E-state index contributed by atoms with van der Waals surface area (Å²) in [7, 11) is 1.87. The zero-order chi connectivity index (χ0) is 20.1. The van der Waals surface area contributed by atoms with Crippen LogP contribution in [0.2, 0.25) is 0 Å². The van der Waals surface area contributed by atoms with Crippen molar-refractivity contribution in [1.82, 2.24) is 39.4 Å². The number of rotatable bonds is 2. The molecule has 2 aliphatic rings. The summed E-state index contributed by atoms with van der Waals surface area (Å²) in [5.41, 5.74) is 9.12. The van der Waals surface area contributed by atoms with Crippen LogP contribution in [0, 0.1) is 0 Å². The van der Waals surface area contributed by atoms with Crippen molar-refractivity contribution >= 4 is 11.9 Å². The molecule has 10 heteroatoms. The second-order valence-corrected chi connectivity index (χ2v) is 7.81. The van der Waals surface area contributed by atoms with Gasteiger partial charge in [-0.1, -0.05) is 0 Å². The molecule has 5 rings (SSSR count). The topological polar surface area (TPSA) is 121 Å². The zero-order valence-corrected chi connectivity index (χ0v) is 16.5. The Bertz CT molecular complexity index is 1100. The van der Waals surface area contributed by atoms with Gasteiger partial charge in [0.25, 0.3) is 5.91 Å². The Morgan fingerprint density at radius 1 is 1.21 bits per heavy atom. The van der Waals surface area contributed by atoms with E-state index >= 15 is 0 Å². The molecule has 0 saturated carbocycles. The Morgan fingerprint density at radius 2 is 2.03 bits per heavy atom. The molecule has 2 N–H and O–H groups in total. The molecule has 10 nitrogen and oxygen atoms in total. The molecular formula is C19H23N9O. The first-order valence-corrected chi connectivity index (χ1v) is 9.88. The predicted molar refractivity (Wildman–Crippen MR) is 105 cm³/mol. The van der Waals surface area contributed by atoms with Crippen LogP contribution in [0.4, 0.5) is 5.95 Å². The Labute approximate surface area is 167 Å². The summed E-state index contributed by atoms with van der Waals surface area (Å²) in [5.74, 6) is 1.59. The minimum atomic E-state index is -0.110. The van der Waals surface area contributed by atoms with E-state index in [1.165, 1.54) is 0 Å². The van der Waals surface area contributed by atoms with Gasteiger partial charge < -0.3 is 15.2 Å². The van der Waals surface area contributed by atoms with Crippen LogP contribution in [-0.2, 0) is 26.4 Å². The van der Waals surface area contributed by atoms with Crippen molar-refractivity contribution in [2.24, 2.45) is 7.05 Å². The molecule has 0 unspecified atom stereocenters. The van der Waals surface area contributed by atoms with Crippen LogP contribution in [0.15, 0.2) is 12.4 Å². The molecule has 0 fully saturated rings. The Hall–Kier alpha value is -3.30. The number of fused-ring (bicyclic) bond motifs is 2. The molecule has 3 aromatic heterocycles. The number of nitrogen functional groups attached to an aromatic ring is 1. The lowest BCUT2D eigenvalue weighted by Crippen LogP contribution is -2.41. The maximum absolute atomic E-state index is 13.4. The SMILES string of the molecule is C[C@H]1CN(C(=O)c2nc(N)nc3c2CCCC3)Cc2nnc(-c3cnn(C)c3)n21. The van der Waals surface area contributed by atoms with E-state index in [1.54, 1.807) is 15.8 Å². The van der Waals surface area contributed by atoms with Crippen molar-refractivity contribution in [3.8, 4) is 11.4 Å². The van der Waals surface area contributed by atoms with Gasteiger partial charge in [0, 0.05) is 31.0 Å². The number of carbonyl (C=O) groups is 1. The van der Waals surface area contributed by atoms with Crippen molar-refractivity contribution in [3.05, 3.63) is 35.2 Å². The van der Waals surface area contributed by atoms with Crippen LogP contribution < -0.4 is 5.73 Å². The maximum atomic E-state index is 13.4. The number of amides is 1. The van der Waals surface area contributed by atoms with Crippen LogP contribution in [-0.4, -0.2) is 51.9 Å². The Balaban J connectivity index is 1.47. The van der Waals surface area contributed by atoms with Gasteiger partial charge in [0.05, 0.1) is 24.3 Å². The maximum Gasteiger partial charge on any atom is 0.273 e. The summed E-state index contributed by atoms with van der Waals surface area (Å²) in [6.07, 6.45) is 7.47. The van der Waals surface area contributed by atoms with E-state index < -0.39 is 0 Å². The zero-order valence-electron chi connectivity index (χ0n) is 16.5. The summed E-state index contributed by atoms with van der Waals surface area (Å²) in [6.45, 7) is 3.00. The van der Waals surface area contributed by atoms with Gasteiger partial charge in [0.15, 0.2) is 11.6 Å². The highest BCUT2D eigenvalue weighted by Crippen LogP contribution is 2.29. The van der Waals surface area contributed by atoms with Crippen molar-refractivity contribution in [2.45, 2.75) is 45.2 Å². The Morgan fingerprint density at radius 3 is 2.83 bits per heavy atom. The third-order valence-electron chi connectivity index (χ3n) is 5.68. The number of carbonyl (C=O) groups excluding carboxylic acids is 1. The van der Waals surface area contributed by atoms with E-state index in [0.717, 1.165) is 54.2 Å². The fourth-order valence-corrected chi connectivity index (χ4v) is 4.36. The number of hydrogen-bond acceptors (Lipinski definition) is 7. The molecule has 0 radical (unpaired) electrons. The molecule has 29 heavy (non-hydrogen) atoms. The van der Waals surface area contributed by atoms with Gasteiger partial charge in [-0.05, 0) is 32.6 Å². The lowest BCUT2D eigenvalue weighted by molar-refractivity contribution is 0.0674. The minimum Gasteiger partial charge on any atom is -0.368 e. The largest absolute Gasteiger partial charge is 0.368 e. The van der Waals surface area contributed by atoms with E-state index in [0.29, 0.717) is 18.8 Å². The first-order valence-electron chi connectivity index (χ1n) is 9.88. The van der Waals surface area contributed by atoms with Crippen LogP contribution in [0.1, 0.15) is 53.4 Å². The molecule has 1 aliphatic carbocycles. The standard InChI is InChI=1S/C19H23N9O/c1-11-8-27(10-15-24-25-17(28(11)15)12-7-21-26(2)9-12)18(29)16-13-5-3-4-6-14(13)22-19(20)23-16/h7,9,11H,3-6,8,10H2,1-2H3,(H2,20,22,23)/t11-/m0/s1. The van der Waals surface area contributed by atoms with Gasteiger partial charge in [-0.2, -0.15) is 5.10 Å². The molecule has 0 spiro atoms. The molecule has 150 valence electrons. The van der Waals surface area contributed by atoms with Crippen molar-refractivity contribution in [1.29, 1.82) is 0 Å². The van der Waals surface area contributed by atoms with E-state index in [1.807, 2.05) is 13.2 Å². The van der Waals surface area contributed by atoms with Crippen molar-refractivity contribution < 1.29 is 4.79 Å². The lowest BCUT2D eigenvalue weighted by Gasteiger charge is -2.33. The van der Waals surface area contributed by atoms with Crippen LogP contribution >= 0.6 is 0 Å². The smallest absolute Gasteiger partial charge is 0.273 e. The summed E-state index contributed by atoms with van der Waals surface area (Å²) in [6, 6.07) is 0.0305. The molecule has 0 bridgehead atoms. The highest BCUT2D eigenvalue weighted by atomic mass is 16.2. The van der Waals surface area contributed by atoms with Crippen molar-refractivity contribution in [3.63, 3.8) is 0 Å². The summed E-state index contributed by atoms with van der Waals surface area (Å²) in [5, 5.41) is 12.9. The first kappa shape index (κ1) is 17.8. The van der Waals surface area contributed by atoms with E-state index in [4.69, 9.17) is 5.73 Å². The third-order valence-corrected chi connectivity index (χ3v) is 5.68. The second-order valence-electron chi connectivity index (χ2n) is 7.81. The Kier molecular flexibility index (Phi) is 4.07. The normalized spacial score (nSPS) is 18.4. The number of aryl methyl sites for hydroxylation is 2. The summed E-state index contributed by atoms with van der Waals surface area (Å²) < 4.78 is 3.83. The monoisotopic (exact) mass is 393 g/mol. The van der Waals surface area contributed by atoms with Crippen LogP contribution in [0.3, 0.4) is 0 Å². The summed E-state index contributed by atoms with van der Waals surface area (Å²) in [4.78, 5) is 23.8. The number of aromatic nitrogens is 7. The van der Waals surface area contributed by atoms with Crippen LogP contribution in [0.5, 0.6) is 0 Å². The molecule has 0 aromatic carbocycles. The lowest BCUT2D eigenvalue weighted by atomic mass is 9.94. The predicted octanol–water partition coefficient (Wildman–Crippen LogP) is 1.15. The third kappa shape index (κ3) is 2.95. The van der Waals surface area contributed by atoms with Gasteiger partial charge in [-0.3, -0.25) is 9.48 Å². The number of nitrogens with zero attached hydrogens (tertiary/aromatic N) is 8. The molecule has 4 heterocycles. The fraction of sp³-hybridized carbons (Fsp3) is 0.474. The minimum absolute atomic E-state index is 0.0305. The molecule has 1 atom stereocenters.